The van der Waals surface area contributed by atoms with E-state index in [0.717, 1.165) is 36.9 Å². The topological polar surface area (TPSA) is 56.6 Å². The third kappa shape index (κ3) is 5.04. The average Bonchev–Trinajstić information content (AvgIpc) is 3.32. The van der Waals surface area contributed by atoms with E-state index in [9.17, 15) is 18.0 Å². The number of esters is 1. The number of carbonyl (C=O) groups is 1. The molecule has 2 aromatic carbocycles. The van der Waals surface area contributed by atoms with E-state index < -0.39 is 29.0 Å². The van der Waals surface area contributed by atoms with E-state index in [2.05, 4.69) is 10.00 Å². The number of hydrogen-bond acceptors (Lipinski definition) is 5. The number of halogens is 3. The first-order valence-electron chi connectivity index (χ1n) is 13.5. The Labute approximate surface area is 225 Å². The molecule has 2 heterocycles. The van der Waals surface area contributed by atoms with Crippen LogP contribution in [0.25, 0.3) is 5.69 Å². The van der Waals surface area contributed by atoms with Crippen molar-refractivity contribution in [3.05, 3.63) is 76.9 Å². The Hall–Kier alpha value is -3.33. The van der Waals surface area contributed by atoms with Gasteiger partial charge in [-0.3, -0.25) is 0 Å². The molecule has 0 radical (unpaired) electrons. The summed E-state index contributed by atoms with van der Waals surface area (Å²) in [6.45, 7) is 6.16. The second kappa shape index (κ2) is 9.70. The molecule has 1 saturated heterocycles. The molecule has 3 aliphatic rings. The van der Waals surface area contributed by atoms with Crippen molar-refractivity contribution in [2.75, 3.05) is 11.4 Å². The van der Waals surface area contributed by atoms with Crippen LogP contribution >= 0.6 is 0 Å². The minimum Gasteiger partial charge on any atom is -0.456 e. The Bertz CT molecular complexity index is 1390. The van der Waals surface area contributed by atoms with Gasteiger partial charge in [0.15, 0.2) is 11.6 Å². The van der Waals surface area contributed by atoms with Crippen LogP contribution < -0.4 is 4.90 Å². The molecule has 2 aliphatic carbocycles. The molecule has 0 N–H and O–H groups in total. The van der Waals surface area contributed by atoms with E-state index in [1.54, 1.807) is 33.0 Å². The molecule has 3 fully saturated rings. The first kappa shape index (κ1) is 25.9. The summed E-state index contributed by atoms with van der Waals surface area (Å²) >= 11 is 0. The van der Waals surface area contributed by atoms with Gasteiger partial charge >= 0.3 is 5.97 Å². The number of aromatic nitrogens is 2. The van der Waals surface area contributed by atoms with Crippen molar-refractivity contribution in [2.24, 2.45) is 5.92 Å². The second-order valence-corrected chi connectivity index (χ2v) is 11.9. The lowest BCUT2D eigenvalue weighted by atomic mass is 10.0. The zero-order valence-corrected chi connectivity index (χ0v) is 22.3. The van der Waals surface area contributed by atoms with E-state index >= 15 is 0 Å². The molecule has 1 aromatic heterocycles. The lowest BCUT2D eigenvalue weighted by Gasteiger charge is -2.33. The van der Waals surface area contributed by atoms with Crippen molar-refractivity contribution in [3.8, 4) is 5.69 Å². The summed E-state index contributed by atoms with van der Waals surface area (Å²) in [5.74, 6) is -2.01. The minimum absolute atomic E-state index is 0.0157. The van der Waals surface area contributed by atoms with Crippen molar-refractivity contribution in [2.45, 2.75) is 76.7 Å². The minimum atomic E-state index is -0.703. The fourth-order valence-corrected chi connectivity index (χ4v) is 5.94. The predicted molar refractivity (Wildman–Crippen MR) is 139 cm³/mol. The summed E-state index contributed by atoms with van der Waals surface area (Å²) in [5.41, 5.74) is 1.46. The number of piperidine rings is 1. The number of benzene rings is 2. The second-order valence-electron chi connectivity index (χ2n) is 11.9. The van der Waals surface area contributed by atoms with Crippen molar-refractivity contribution < 1.29 is 27.4 Å². The van der Waals surface area contributed by atoms with E-state index in [0.29, 0.717) is 18.2 Å². The molecule has 3 atom stereocenters. The van der Waals surface area contributed by atoms with E-state index in [1.165, 1.54) is 35.0 Å². The molecule has 0 spiro atoms. The van der Waals surface area contributed by atoms with Gasteiger partial charge in [0, 0.05) is 24.2 Å². The Morgan fingerprint density at radius 3 is 2.41 bits per heavy atom. The molecule has 3 aromatic rings. The monoisotopic (exact) mass is 539 g/mol. The number of carbonyl (C=O) groups excluding carboxylic acids is 1. The first-order chi connectivity index (χ1) is 18.6. The Morgan fingerprint density at radius 1 is 1.05 bits per heavy atom. The van der Waals surface area contributed by atoms with E-state index in [-0.39, 0.29) is 35.9 Å². The van der Waals surface area contributed by atoms with Crippen molar-refractivity contribution in [1.82, 2.24) is 9.78 Å². The average molecular weight is 540 g/mol. The van der Waals surface area contributed by atoms with Gasteiger partial charge in [-0.15, -0.1) is 0 Å². The quantitative estimate of drug-likeness (QED) is 0.330. The van der Waals surface area contributed by atoms with Crippen LogP contribution in [0.15, 0.2) is 42.6 Å². The van der Waals surface area contributed by atoms with Crippen LogP contribution in [0.1, 0.15) is 74.0 Å². The summed E-state index contributed by atoms with van der Waals surface area (Å²) in [6.07, 6.45) is 5.44. The van der Waals surface area contributed by atoms with Gasteiger partial charge in [-0.2, -0.15) is 5.10 Å². The molecule has 39 heavy (non-hydrogen) atoms. The first-order valence-corrected chi connectivity index (χ1v) is 13.5. The smallest absolute Gasteiger partial charge is 0.341 e. The molecule has 6 nitrogen and oxygen atoms in total. The Balaban J connectivity index is 1.14. The predicted octanol–water partition coefficient (Wildman–Crippen LogP) is 6.31. The fraction of sp³-hybridized carbons (Fsp3) is 0.467. The van der Waals surface area contributed by atoms with Crippen LogP contribution in [0.3, 0.4) is 0 Å². The molecule has 2 bridgehead atoms. The highest BCUT2D eigenvalue weighted by Crippen LogP contribution is 2.45. The highest BCUT2D eigenvalue weighted by molar-refractivity contribution is 5.90. The number of ether oxygens (including phenoxy) is 2. The van der Waals surface area contributed by atoms with Gasteiger partial charge in [-0.1, -0.05) is 6.07 Å². The number of fused-ring (bicyclic) bond motifs is 2. The van der Waals surface area contributed by atoms with Gasteiger partial charge < -0.3 is 14.4 Å². The van der Waals surface area contributed by atoms with Gasteiger partial charge in [0.1, 0.15) is 17.1 Å². The molecule has 0 amide bonds. The lowest BCUT2D eigenvalue weighted by molar-refractivity contribution is 0.00647. The van der Waals surface area contributed by atoms with Crippen LogP contribution in [-0.2, 0) is 16.1 Å². The number of hydrogen-bond donors (Lipinski definition) is 0. The largest absolute Gasteiger partial charge is 0.456 e. The highest BCUT2D eigenvalue weighted by atomic mass is 19.1. The number of nitrogens with zero attached hydrogens (tertiary/aromatic N) is 3. The molecule has 1 aliphatic heterocycles. The van der Waals surface area contributed by atoms with Crippen molar-refractivity contribution in [1.29, 1.82) is 0 Å². The summed E-state index contributed by atoms with van der Waals surface area (Å²) < 4.78 is 57.1. The molecule has 206 valence electrons. The third-order valence-corrected chi connectivity index (χ3v) is 7.88. The Morgan fingerprint density at radius 2 is 1.79 bits per heavy atom. The third-order valence-electron chi connectivity index (χ3n) is 7.88. The maximum absolute atomic E-state index is 14.9. The molecular formula is C30H32F3N3O3. The number of para-hydroxylation sites is 1. The summed E-state index contributed by atoms with van der Waals surface area (Å²) in [4.78, 5) is 14.5. The molecule has 0 unspecified atom stereocenters. The van der Waals surface area contributed by atoms with Gasteiger partial charge in [-0.25, -0.2) is 22.6 Å². The summed E-state index contributed by atoms with van der Waals surface area (Å²) in [7, 11) is 0. The molecule has 6 rings (SSSR count). The van der Waals surface area contributed by atoms with E-state index in [1.807, 2.05) is 0 Å². The molecule has 2 saturated carbocycles. The van der Waals surface area contributed by atoms with Crippen LogP contribution in [-0.4, -0.2) is 40.0 Å². The summed E-state index contributed by atoms with van der Waals surface area (Å²) in [5, 5.41) is 4.34. The molecular weight excluding hydrogens is 507 g/mol. The van der Waals surface area contributed by atoms with Crippen LogP contribution in [0.5, 0.6) is 0 Å². The normalized spacial score (nSPS) is 22.5. The summed E-state index contributed by atoms with van der Waals surface area (Å²) in [6, 6.07) is 8.64. The van der Waals surface area contributed by atoms with Crippen LogP contribution in [0, 0.1) is 23.4 Å². The fourth-order valence-electron chi connectivity index (χ4n) is 5.94. The Kier molecular flexibility index (Phi) is 6.44. The standard InChI is InChI=1S/C30H32F3N3O3/c1-30(2,3)39-29(37)21-10-9-19(12-25(21)33)35-15-18-11-20(35)13-27(18)38-16-26-22(17-7-8-17)14-34-36(26)28-23(31)5-4-6-24(28)32/h4-6,9-10,12,14,17-18,20,27H,7-8,11,13,15-16H2,1-3H3/t18-,20-,27+/m0/s1. The van der Waals surface area contributed by atoms with Gasteiger partial charge in [0.2, 0.25) is 0 Å². The zero-order valence-electron chi connectivity index (χ0n) is 22.3. The SMILES string of the molecule is CC(C)(C)OC(=O)c1ccc(N2C[C@@H]3C[C@H]2C[C@H]3OCc2c(C3CC3)cnn2-c2c(F)cccc2F)cc1F. The number of rotatable bonds is 7. The van der Waals surface area contributed by atoms with Gasteiger partial charge in [-0.05, 0) is 88.3 Å². The maximum Gasteiger partial charge on any atom is 0.341 e. The maximum atomic E-state index is 14.9. The van der Waals surface area contributed by atoms with Gasteiger partial charge in [0.05, 0.1) is 30.2 Å². The number of anilines is 1. The highest BCUT2D eigenvalue weighted by Gasteiger charge is 2.46. The van der Waals surface area contributed by atoms with Crippen LogP contribution in [0.4, 0.5) is 18.9 Å². The van der Waals surface area contributed by atoms with Crippen LogP contribution in [0.2, 0.25) is 0 Å². The van der Waals surface area contributed by atoms with E-state index in [4.69, 9.17) is 9.47 Å². The zero-order chi connectivity index (χ0) is 27.5. The van der Waals surface area contributed by atoms with Crippen molar-refractivity contribution in [3.63, 3.8) is 0 Å². The van der Waals surface area contributed by atoms with Crippen molar-refractivity contribution >= 4 is 11.7 Å². The lowest BCUT2D eigenvalue weighted by Crippen LogP contribution is -2.38. The molecule has 9 heteroatoms. The van der Waals surface area contributed by atoms with Gasteiger partial charge in [0.25, 0.3) is 0 Å².